The van der Waals surface area contributed by atoms with Crippen LogP contribution in [0.1, 0.15) is 120 Å². The van der Waals surface area contributed by atoms with Crippen LogP contribution in [0.4, 0.5) is 0 Å². The van der Waals surface area contributed by atoms with Gasteiger partial charge in [-0.05, 0) is 71.3 Å². The molecule has 0 aliphatic heterocycles. The zero-order valence-electron chi connectivity index (χ0n) is 22.6. The van der Waals surface area contributed by atoms with Crippen molar-refractivity contribution < 1.29 is 5.11 Å². The zero-order chi connectivity index (χ0) is 23.9. The van der Waals surface area contributed by atoms with Crippen molar-refractivity contribution in [2.24, 2.45) is 34.0 Å². The van der Waals surface area contributed by atoms with E-state index in [0.29, 0.717) is 22.5 Å². The van der Waals surface area contributed by atoms with Crippen LogP contribution < -0.4 is 0 Å². The molecule has 0 heterocycles. The minimum absolute atomic E-state index is 0.220. The SMILES string of the molecule is CCCCC(CC)CC(CC(Cc1ccccc1O)C(C)(C)C)CC(C)(C)C(C)(C)C. The van der Waals surface area contributed by atoms with E-state index in [1.54, 1.807) is 0 Å². The number of aromatic hydroxyl groups is 1. The molecule has 3 unspecified atom stereocenters. The largest absolute Gasteiger partial charge is 0.508 e. The molecule has 0 fully saturated rings. The van der Waals surface area contributed by atoms with E-state index < -0.39 is 0 Å². The Hall–Kier alpha value is -0.980. The lowest BCUT2D eigenvalue weighted by atomic mass is 9.62. The van der Waals surface area contributed by atoms with Gasteiger partial charge in [0.25, 0.3) is 0 Å². The summed E-state index contributed by atoms with van der Waals surface area (Å²) in [6.07, 6.45) is 10.2. The summed E-state index contributed by atoms with van der Waals surface area (Å²) >= 11 is 0. The van der Waals surface area contributed by atoms with Crippen molar-refractivity contribution in [3.05, 3.63) is 29.8 Å². The summed E-state index contributed by atoms with van der Waals surface area (Å²) in [5.41, 5.74) is 1.93. The lowest BCUT2D eigenvalue weighted by Crippen LogP contribution is -2.34. The molecule has 0 saturated carbocycles. The molecule has 0 saturated heterocycles. The van der Waals surface area contributed by atoms with Gasteiger partial charge >= 0.3 is 0 Å². The second-order valence-corrected chi connectivity index (χ2v) is 13.0. The summed E-state index contributed by atoms with van der Waals surface area (Å²) in [6.45, 7) is 24.0. The highest BCUT2D eigenvalue weighted by molar-refractivity contribution is 5.32. The summed E-state index contributed by atoms with van der Waals surface area (Å²) in [5, 5.41) is 10.4. The minimum Gasteiger partial charge on any atom is -0.508 e. The maximum Gasteiger partial charge on any atom is 0.118 e. The normalized spacial score (nSPS) is 16.2. The summed E-state index contributed by atoms with van der Waals surface area (Å²) in [7, 11) is 0. The molecule has 0 aliphatic carbocycles. The van der Waals surface area contributed by atoms with Gasteiger partial charge in [0.1, 0.15) is 5.75 Å². The molecular weight excluding hydrogens is 376 g/mol. The molecule has 0 amide bonds. The van der Waals surface area contributed by atoms with E-state index in [9.17, 15) is 5.11 Å². The fraction of sp³-hybridized carbons (Fsp3) is 0.800. The van der Waals surface area contributed by atoms with Crippen LogP contribution in [0.2, 0.25) is 0 Å². The Morgan fingerprint density at radius 3 is 1.94 bits per heavy atom. The van der Waals surface area contributed by atoms with E-state index in [1.165, 1.54) is 44.9 Å². The van der Waals surface area contributed by atoms with Gasteiger partial charge in [0, 0.05) is 0 Å². The van der Waals surface area contributed by atoms with Crippen molar-refractivity contribution in [3.8, 4) is 5.75 Å². The van der Waals surface area contributed by atoms with E-state index >= 15 is 0 Å². The minimum atomic E-state index is 0.220. The first-order valence-electron chi connectivity index (χ1n) is 13.0. The Labute approximate surface area is 195 Å². The molecule has 0 aliphatic rings. The van der Waals surface area contributed by atoms with Crippen LogP contribution in [0.3, 0.4) is 0 Å². The number of para-hydroxylation sites is 1. The highest BCUT2D eigenvalue weighted by Gasteiger charge is 2.37. The Bertz CT molecular complexity index is 629. The standard InChI is InChI=1S/C30H54O/c1-11-13-16-23(12-2)19-24(22-30(9,10)29(6,7)8)20-26(28(3,4)5)21-25-17-14-15-18-27(25)31/h14-15,17-18,23-24,26,31H,11-13,16,19-22H2,1-10H3. The molecule has 1 heteroatoms. The van der Waals surface area contributed by atoms with Gasteiger partial charge in [-0.15, -0.1) is 0 Å². The molecule has 1 nitrogen and oxygen atoms in total. The number of hydrogen-bond acceptors (Lipinski definition) is 1. The van der Waals surface area contributed by atoms with Crippen molar-refractivity contribution in [3.63, 3.8) is 0 Å². The number of hydrogen-bond donors (Lipinski definition) is 1. The van der Waals surface area contributed by atoms with Crippen LogP contribution in [0.15, 0.2) is 24.3 Å². The summed E-state index contributed by atoms with van der Waals surface area (Å²) in [5.74, 6) is 2.58. The van der Waals surface area contributed by atoms with Crippen molar-refractivity contribution in [1.82, 2.24) is 0 Å². The van der Waals surface area contributed by atoms with Gasteiger partial charge in [0.05, 0.1) is 0 Å². The third-order valence-corrected chi connectivity index (χ3v) is 8.34. The fourth-order valence-electron chi connectivity index (χ4n) is 4.84. The first kappa shape index (κ1) is 28.1. The molecular formula is C30H54O. The van der Waals surface area contributed by atoms with E-state index in [1.807, 2.05) is 12.1 Å². The number of phenols is 1. The third kappa shape index (κ3) is 9.19. The smallest absolute Gasteiger partial charge is 0.118 e. The maximum absolute atomic E-state index is 10.4. The average Bonchev–Trinajstić information content (AvgIpc) is 2.64. The molecule has 3 atom stereocenters. The molecule has 1 rings (SSSR count). The molecule has 180 valence electrons. The lowest BCUT2D eigenvalue weighted by Gasteiger charge is -2.44. The molecule has 0 bridgehead atoms. The van der Waals surface area contributed by atoms with E-state index in [2.05, 4.69) is 81.4 Å². The van der Waals surface area contributed by atoms with Gasteiger partial charge in [0.15, 0.2) is 0 Å². The van der Waals surface area contributed by atoms with E-state index in [-0.39, 0.29) is 5.41 Å². The van der Waals surface area contributed by atoms with Crippen molar-refractivity contribution >= 4 is 0 Å². The van der Waals surface area contributed by atoms with Gasteiger partial charge in [0.2, 0.25) is 0 Å². The van der Waals surface area contributed by atoms with Crippen LogP contribution in [-0.4, -0.2) is 5.11 Å². The molecule has 0 aromatic heterocycles. The Balaban J connectivity index is 3.15. The number of rotatable bonds is 12. The van der Waals surface area contributed by atoms with Crippen molar-refractivity contribution in [2.75, 3.05) is 0 Å². The van der Waals surface area contributed by atoms with Gasteiger partial charge < -0.3 is 5.11 Å². The topological polar surface area (TPSA) is 20.2 Å². The number of phenolic OH excluding ortho intramolecular Hbond substituents is 1. The highest BCUT2D eigenvalue weighted by atomic mass is 16.3. The van der Waals surface area contributed by atoms with Crippen LogP contribution in [0.5, 0.6) is 5.75 Å². The first-order valence-corrected chi connectivity index (χ1v) is 13.0. The van der Waals surface area contributed by atoms with Gasteiger partial charge in [-0.25, -0.2) is 0 Å². The van der Waals surface area contributed by atoms with Gasteiger partial charge in [-0.1, -0.05) is 113 Å². The van der Waals surface area contributed by atoms with Crippen molar-refractivity contribution in [2.45, 2.75) is 121 Å². The average molecular weight is 431 g/mol. The molecule has 1 aromatic rings. The molecule has 0 radical (unpaired) electrons. The first-order chi connectivity index (χ1) is 14.2. The lowest BCUT2D eigenvalue weighted by molar-refractivity contribution is 0.0689. The van der Waals surface area contributed by atoms with E-state index in [0.717, 1.165) is 23.8 Å². The summed E-state index contributed by atoms with van der Waals surface area (Å²) < 4.78 is 0. The van der Waals surface area contributed by atoms with Crippen LogP contribution >= 0.6 is 0 Å². The van der Waals surface area contributed by atoms with Gasteiger partial charge in [-0.2, -0.15) is 0 Å². The quantitative estimate of drug-likeness (QED) is 0.350. The van der Waals surface area contributed by atoms with E-state index in [4.69, 9.17) is 0 Å². The predicted octanol–water partition coefficient (Wildman–Crippen LogP) is 9.67. The zero-order valence-corrected chi connectivity index (χ0v) is 22.6. The summed E-state index contributed by atoms with van der Waals surface area (Å²) in [4.78, 5) is 0. The van der Waals surface area contributed by atoms with Crippen molar-refractivity contribution in [1.29, 1.82) is 0 Å². The second kappa shape index (κ2) is 11.8. The maximum atomic E-state index is 10.4. The molecule has 0 spiro atoms. The monoisotopic (exact) mass is 430 g/mol. The predicted molar refractivity (Wildman–Crippen MR) is 139 cm³/mol. The third-order valence-electron chi connectivity index (χ3n) is 8.34. The number of benzene rings is 1. The molecule has 1 N–H and O–H groups in total. The van der Waals surface area contributed by atoms with Gasteiger partial charge in [-0.3, -0.25) is 0 Å². The summed E-state index contributed by atoms with van der Waals surface area (Å²) in [6, 6.07) is 7.94. The van der Waals surface area contributed by atoms with Crippen LogP contribution in [-0.2, 0) is 6.42 Å². The molecule has 31 heavy (non-hydrogen) atoms. The fourth-order valence-corrected chi connectivity index (χ4v) is 4.84. The Morgan fingerprint density at radius 1 is 0.839 bits per heavy atom. The highest BCUT2D eigenvalue weighted by Crippen LogP contribution is 2.47. The number of unbranched alkanes of at least 4 members (excludes halogenated alkanes) is 1. The Morgan fingerprint density at radius 2 is 1.45 bits per heavy atom. The Kier molecular flexibility index (Phi) is 10.6. The van der Waals surface area contributed by atoms with Crippen LogP contribution in [0, 0.1) is 34.0 Å². The molecule has 1 aromatic carbocycles. The second-order valence-electron chi connectivity index (χ2n) is 13.0. The van der Waals surface area contributed by atoms with Crippen LogP contribution in [0.25, 0.3) is 0 Å².